The van der Waals surface area contributed by atoms with Gasteiger partial charge in [0.1, 0.15) is 0 Å². The molecule has 1 saturated carbocycles. The maximum atomic E-state index is 12.6. The highest BCUT2D eigenvalue weighted by atomic mass is 16.5. The molecule has 0 unspecified atom stereocenters. The van der Waals surface area contributed by atoms with E-state index in [1.54, 1.807) is 0 Å². The van der Waals surface area contributed by atoms with Gasteiger partial charge in [-0.25, -0.2) is 0 Å². The molecule has 1 aromatic carbocycles. The van der Waals surface area contributed by atoms with E-state index >= 15 is 0 Å². The molecule has 1 amide bonds. The van der Waals surface area contributed by atoms with Crippen LogP contribution in [0.1, 0.15) is 53.0 Å². The van der Waals surface area contributed by atoms with Crippen LogP contribution in [0.4, 0.5) is 0 Å². The average Bonchev–Trinajstić information content (AvgIpc) is 3.01. The van der Waals surface area contributed by atoms with Crippen molar-refractivity contribution in [3.05, 3.63) is 52.8 Å². The molecule has 1 saturated heterocycles. The zero-order chi connectivity index (χ0) is 19.5. The smallest absolute Gasteiger partial charge is 0.251 e. The summed E-state index contributed by atoms with van der Waals surface area (Å²) in [6, 6.07) is 11.1. The maximum absolute atomic E-state index is 12.6. The minimum Gasteiger partial charge on any atom is -0.381 e. The largest absolute Gasteiger partial charge is 0.381 e. The molecule has 6 heteroatoms. The monoisotopic (exact) mass is 382 g/mol. The number of nitrogens with zero attached hydrogens (tertiary/aromatic N) is 2. The summed E-state index contributed by atoms with van der Waals surface area (Å²) in [5.41, 5.74) is 4.03. The van der Waals surface area contributed by atoms with Crippen molar-refractivity contribution in [2.45, 2.75) is 64.2 Å². The van der Waals surface area contributed by atoms with Gasteiger partial charge >= 0.3 is 0 Å². The quantitative estimate of drug-likeness (QED) is 0.806. The molecule has 28 heavy (non-hydrogen) atoms. The molecule has 2 fully saturated rings. The van der Waals surface area contributed by atoms with Gasteiger partial charge in [0.2, 0.25) is 0 Å². The van der Waals surface area contributed by atoms with Gasteiger partial charge in [0.05, 0.1) is 12.2 Å². The SMILES string of the molecule is Cc1cc(C)n(Cc2ccc(C(=O)N[C@H]3CC[C@H]3NC3CCOCC3)cc2)n1. The number of rotatable bonds is 6. The van der Waals surface area contributed by atoms with Crippen LogP contribution in [0, 0.1) is 13.8 Å². The van der Waals surface area contributed by atoms with Crippen LogP contribution < -0.4 is 10.6 Å². The Hall–Kier alpha value is -2.18. The second-order valence-corrected chi connectivity index (χ2v) is 8.10. The molecule has 2 atom stereocenters. The summed E-state index contributed by atoms with van der Waals surface area (Å²) < 4.78 is 7.41. The van der Waals surface area contributed by atoms with Crippen molar-refractivity contribution in [3.63, 3.8) is 0 Å². The van der Waals surface area contributed by atoms with Crippen LogP contribution >= 0.6 is 0 Å². The van der Waals surface area contributed by atoms with E-state index in [9.17, 15) is 4.79 Å². The molecule has 1 aliphatic heterocycles. The van der Waals surface area contributed by atoms with E-state index in [0.29, 0.717) is 17.6 Å². The fourth-order valence-corrected chi connectivity index (χ4v) is 4.06. The predicted molar refractivity (Wildman–Crippen MR) is 108 cm³/mol. The topological polar surface area (TPSA) is 68.2 Å². The summed E-state index contributed by atoms with van der Waals surface area (Å²) in [6.07, 6.45) is 4.30. The highest BCUT2D eigenvalue weighted by Gasteiger charge is 2.33. The number of aryl methyl sites for hydroxylation is 2. The minimum absolute atomic E-state index is 0.0149. The third-order valence-electron chi connectivity index (χ3n) is 5.91. The lowest BCUT2D eigenvalue weighted by atomic mass is 9.85. The fraction of sp³-hybridized carbons (Fsp3) is 0.545. The molecular weight excluding hydrogens is 352 g/mol. The molecule has 0 bridgehead atoms. The van der Waals surface area contributed by atoms with Crippen molar-refractivity contribution in [2.75, 3.05) is 13.2 Å². The third kappa shape index (κ3) is 4.45. The lowest BCUT2D eigenvalue weighted by Gasteiger charge is -2.41. The fourth-order valence-electron chi connectivity index (χ4n) is 4.06. The standard InChI is InChI=1S/C22H30N4O2/c1-15-13-16(2)26(25-15)14-17-3-5-18(6-4-17)22(27)24-21-8-7-20(21)23-19-9-11-28-12-10-19/h3-6,13,19-21,23H,7-12,14H2,1-2H3,(H,24,27)/t20-,21+/m1/s1. The number of ether oxygens (including phenoxy) is 1. The number of hydrogen-bond donors (Lipinski definition) is 2. The molecule has 1 aliphatic carbocycles. The minimum atomic E-state index is 0.0149. The Morgan fingerprint density at radius 3 is 2.43 bits per heavy atom. The summed E-state index contributed by atoms with van der Waals surface area (Å²) >= 11 is 0. The van der Waals surface area contributed by atoms with Gasteiger partial charge in [-0.3, -0.25) is 9.48 Å². The first-order chi connectivity index (χ1) is 13.6. The number of nitrogens with one attached hydrogen (secondary N) is 2. The van der Waals surface area contributed by atoms with E-state index in [4.69, 9.17) is 4.74 Å². The Balaban J connectivity index is 1.30. The number of benzene rings is 1. The Labute approximate surface area is 166 Å². The van der Waals surface area contributed by atoms with Crippen molar-refractivity contribution >= 4 is 5.91 Å². The van der Waals surface area contributed by atoms with E-state index in [2.05, 4.69) is 28.7 Å². The Morgan fingerprint density at radius 2 is 1.82 bits per heavy atom. The normalized spacial score (nSPS) is 22.6. The summed E-state index contributed by atoms with van der Waals surface area (Å²) in [6.45, 7) is 6.46. The lowest BCUT2D eigenvalue weighted by Crippen LogP contribution is -2.59. The first-order valence-corrected chi connectivity index (χ1v) is 10.3. The molecule has 4 rings (SSSR count). The summed E-state index contributed by atoms with van der Waals surface area (Å²) in [4.78, 5) is 12.6. The van der Waals surface area contributed by atoms with E-state index in [1.165, 1.54) is 0 Å². The number of amides is 1. The number of carbonyl (C=O) groups is 1. The second-order valence-electron chi connectivity index (χ2n) is 8.10. The predicted octanol–water partition coefficient (Wildman–Crippen LogP) is 2.58. The molecule has 1 aromatic heterocycles. The van der Waals surface area contributed by atoms with Gasteiger partial charge in [-0.2, -0.15) is 5.10 Å². The van der Waals surface area contributed by atoms with Crippen LogP contribution in [-0.2, 0) is 11.3 Å². The highest BCUT2D eigenvalue weighted by molar-refractivity contribution is 5.94. The molecule has 0 spiro atoms. The second kappa shape index (κ2) is 8.45. The van der Waals surface area contributed by atoms with E-state index in [0.717, 1.165) is 62.4 Å². The van der Waals surface area contributed by atoms with Crippen molar-refractivity contribution < 1.29 is 9.53 Å². The Kier molecular flexibility index (Phi) is 5.78. The van der Waals surface area contributed by atoms with E-state index < -0.39 is 0 Å². The molecule has 150 valence electrons. The Bertz CT molecular complexity index is 808. The first kappa shape index (κ1) is 19.2. The van der Waals surface area contributed by atoms with Gasteiger partial charge in [0.25, 0.3) is 5.91 Å². The average molecular weight is 383 g/mol. The van der Waals surface area contributed by atoms with Crippen molar-refractivity contribution in [1.82, 2.24) is 20.4 Å². The Morgan fingerprint density at radius 1 is 1.11 bits per heavy atom. The summed E-state index contributed by atoms with van der Waals surface area (Å²) in [5.74, 6) is 0.0149. The summed E-state index contributed by atoms with van der Waals surface area (Å²) in [7, 11) is 0. The van der Waals surface area contributed by atoms with Gasteiger partial charge < -0.3 is 15.4 Å². The van der Waals surface area contributed by atoms with Crippen molar-refractivity contribution in [2.24, 2.45) is 0 Å². The number of carbonyl (C=O) groups excluding carboxylic acids is 1. The van der Waals surface area contributed by atoms with Crippen LogP contribution in [0.5, 0.6) is 0 Å². The highest BCUT2D eigenvalue weighted by Crippen LogP contribution is 2.23. The first-order valence-electron chi connectivity index (χ1n) is 10.3. The number of hydrogen-bond acceptors (Lipinski definition) is 4. The van der Waals surface area contributed by atoms with Gasteiger partial charge in [-0.15, -0.1) is 0 Å². The molecule has 0 radical (unpaired) electrons. The molecule has 2 aliphatic rings. The van der Waals surface area contributed by atoms with Crippen molar-refractivity contribution in [3.8, 4) is 0 Å². The molecule has 2 aromatic rings. The lowest BCUT2D eigenvalue weighted by molar-refractivity contribution is 0.0652. The van der Waals surface area contributed by atoms with Gasteiger partial charge in [-0.1, -0.05) is 12.1 Å². The molecule has 2 N–H and O–H groups in total. The molecular formula is C22H30N4O2. The molecule has 6 nitrogen and oxygen atoms in total. The third-order valence-corrected chi connectivity index (χ3v) is 5.91. The van der Waals surface area contributed by atoms with Crippen LogP contribution in [0.25, 0.3) is 0 Å². The zero-order valence-corrected chi connectivity index (χ0v) is 16.8. The van der Waals surface area contributed by atoms with Gasteiger partial charge in [0.15, 0.2) is 0 Å². The van der Waals surface area contributed by atoms with E-state index in [-0.39, 0.29) is 11.9 Å². The van der Waals surface area contributed by atoms with Crippen LogP contribution in [0.2, 0.25) is 0 Å². The number of aromatic nitrogens is 2. The van der Waals surface area contributed by atoms with Gasteiger partial charge in [-0.05, 0) is 63.3 Å². The van der Waals surface area contributed by atoms with Crippen molar-refractivity contribution in [1.29, 1.82) is 0 Å². The van der Waals surface area contributed by atoms with Gasteiger partial charge in [0, 0.05) is 42.6 Å². The van der Waals surface area contributed by atoms with Crippen LogP contribution in [0.15, 0.2) is 30.3 Å². The van der Waals surface area contributed by atoms with E-state index in [1.807, 2.05) is 35.9 Å². The zero-order valence-electron chi connectivity index (χ0n) is 16.8. The van der Waals surface area contributed by atoms with Crippen LogP contribution in [-0.4, -0.2) is 47.0 Å². The van der Waals surface area contributed by atoms with Crippen LogP contribution in [0.3, 0.4) is 0 Å². The molecule has 2 heterocycles. The maximum Gasteiger partial charge on any atom is 0.251 e. The summed E-state index contributed by atoms with van der Waals surface area (Å²) in [5, 5.41) is 11.4.